The zero-order valence-corrected chi connectivity index (χ0v) is 15.3. The van der Waals surface area contributed by atoms with E-state index in [9.17, 15) is 9.59 Å². The van der Waals surface area contributed by atoms with Crippen molar-refractivity contribution in [3.8, 4) is 5.75 Å². The van der Waals surface area contributed by atoms with Crippen molar-refractivity contribution in [3.05, 3.63) is 63.3 Å². The van der Waals surface area contributed by atoms with Crippen LogP contribution >= 0.6 is 0 Å². The first kappa shape index (κ1) is 17.8. The van der Waals surface area contributed by atoms with Gasteiger partial charge < -0.3 is 18.5 Å². The van der Waals surface area contributed by atoms with E-state index in [0.717, 1.165) is 17.9 Å². The van der Waals surface area contributed by atoms with Gasteiger partial charge in [0, 0.05) is 41.0 Å². The molecule has 2 aromatic heterocycles. The van der Waals surface area contributed by atoms with Crippen molar-refractivity contribution in [2.75, 3.05) is 7.11 Å². The maximum Gasteiger partial charge on any atom is 0.340 e. The molecule has 0 fully saturated rings. The number of hydrogen-bond donors (Lipinski definition) is 0. The summed E-state index contributed by atoms with van der Waals surface area (Å²) in [7, 11) is 1.54. The minimum absolute atomic E-state index is 0.0109. The Morgan fingerprint density at radius 1 is 1.19 bits per heavy atom. The van der Waals surface area contributed by atoms with E-state index < -0.39 is 11.6 Å². The van der Waals surface area contributed by atoms with Gasteiger partial charge >= 0.3 is 11.6 Å². The van der Waals surface area contributed by atoms with Gasteiger partial charge in [0.1, 0.15) is 17.9 Å². The molecular weight excluding hydrogens is 334 g/mol. The molecule has 0 bridgehead atoms. The van der Waals surface area contributed by atoms with Gasteiger partial charge in [-0.15, -0.1) is 0 Å². The smallest absolute Gasteiger partial charge is 0.340 e. The van der Waals surface area contributed by atoms with Crippen LogP contribution in [0.25, 0.3) is 11.0 Å². The van der Waals surface area contributed by atoms with Crippen molar-refractivity contribution in [3.63, 3.8) is 0 Å². The molecule has 3 aromatic rings. The second-order valence-corrected chi connectivity index (χ2v) is 6.06. The Kier molecular flexibility index (Phi) is 4.84. The number of nitrogens with zero attached hydrogens (tertiary/aromatic N) is 1. The van der Waals surface area contributed by atoms with E-state index in [0.29, 0.717) is 27.8 Å². The van der Waals surface area contributed by atoms with Gasteiger partial charge in [-0.25, -0.2) is 9.59 Å². The molecule has 0 unspecified atom stereocenters. The number of methoxy groups -OCH3 is 1. The fourth-order valence-electron chi connectivity index (χ4n) is 3.17. The highest BCUT2D eigenvalue weighted by atomic mass is 16.5. The molecule has 6 heteroatoms. The van der Waals surface area contributed by atoms with E-state index in [4.69, 9.17) is 13.9 Å². The van der Waals surface area contributed by atoms with Gasteiger partial charge in [-0.05, 0) is 39.0 Å². The van der Waals surface area contributed by atoms with Crippen LogP contribution in [0.3, 0.4) is 0 Å². The first-order valence-electron chi connectivity index (χ1n) is 8.39. The van der Waals surface area contributed by atoms with Crippen molar-refractivity contribution < 1.29 is 18.7 Å². The van der Waals surface area contributed by atoms with E-state index in [2.05, 4.69) is 4.57 Å². The average molecular weight is 355 g/mol. The van der Waals surface area contributed by atoms with Crippen LogP contribution in [-0.4, -0.2) is 17.6 Å². The van der Waals surface area contributed by atoms with Crippen LogP contribution in [0, 0.1) is 13.8 Å². The number of carbonyl (C=O) groups is 1. The maximum absolute atomic E-state index is 12.5. The topological polar surface area (TPSA) is 70.7 Å². The number of ether oxygens (including phenoxy) is 2. The predicted molar refractivity (Wildman–Crippen MR) is 97.7 cm³/mol. The van der Waals surface area contributed by atoms with Crippen molar-refractivity contribution in [1.82, 2.24) is 4.57 Å². The molecule has 26 heavy (non-hydrogen) atoms. The van der Waals surface area contributed by atoms with Crippen LogP contribution in [0.2, 0.25) is 0 Å². The number of fused-ring (bicyclic) bond motifs is 1. The molecule has 6 nitrogen and oxygen atoms in total. The zero-order valence-electron chi connectivity index (χ0n) is 15.3. The summed E-state index contributed by atoms with van der Waals surface area (Å²) in [6.07, 6.45) is 0. The zero-order chi connectivity index (χ0) is 18.8. The number of aryl methyl sites for hydroxylation is 1. The summed E-state index contributed by atoms with van der Waals surface area (Å²) in [6.45, 7) is 6.65. The molecule has 0 aliphatic carbocycles. The molecule has 136 valence electrons. The summed E-state index contributed by atoms with van der Waals surface area (Å²) in [5.74, 6) is 0.175. The summed E-state index contributed by atoms with van der Waals surface area (Å²) >= 11 is 0. The molecule has 3 rings (SSSR count). The molecule has 0 N–H and O–H groups in total. The number of esters is 1. The molecule has 0 aliphatic heterocycles. The van der Waals surface area contributed by atoms with E-state index in [1.165, 1.54) is 13.2 Å². The van der Waals surface area contributed by atoms with Crippen molar-refractivity contribution in [2.24, 2.45) is 0 Å². The normalized spacial score (nSPS) is 10.9. The summed E-state index contributed by atoms with van der Waals surface area (Å²) in [5.41, 5.74) is 2.91. The van der Waals surface area contributed by atoms with Crippen LogP contribution in [0.4, 0.5) is 0 Å². The van der Waals surface area contributed by atoms with Gasteiger partial charge in [-0.2, -0.15) is 0 Å². The number of aromatic nitrogens is 1. The molecule has 0 spiro atoms. The van der Waals surface area contributed by atoms with Gasteiger partial charge in [0.25, 0.3) is 0 Å². The highest BCUT2D eigenvalue weighted by molar-refractivity contribution is 5.91. The summed E-state index contributed by atoms with van der Waals surface area (Å²) < 4.78 is 17.9. The Labute approximate surface area is 150 Å². The first-order chi connectivity index (χ1) is 12.4. The van der Waals surface area contributed by atoms with Gasteiger partial charge in [-0.1, -0.05) is 0 Å². The van der Waals surface area contributed by atoms with Gasteiger partial charge in [0.15, 0.2) is 0 Å². The molecule has 0 radical (unpaired) electrons. The number of hydrogen-bond acceptors (Lipinski definition) is 5. The van der Waals surface area contributed by atoms with Gasteiger partial charge in [0.05, 0.1) is 12.7 Å². The molecule has 0 saturated carbocycles. The molecule has 1 aromatic carbocycles. The minimum Gasteiger partial charge on any atom is -0.497 e. The number of carbonyl (C=O) groups excluding carboxylic acids is 1. The van der Waals surface area contributed by atoms with Gasteiger partial charge in [-0.3, -0.25) is 0 Å². The maximum atomic E-state index is 12.5. The highest BCUT2D eigenvalue weighted by Crippen LogP contribution is 2.23. The molecule has 0 amide bonds. The predicted octanol–water partition coefficient (Wildman–Crippen LogP) is 3.60. The SMILES string of the molecule is CCn1c(C)cc(C(=O)OCc2cc(=O)oc3cc(OC)ccc23)c1C. The second-order valence-electron chi connectivity index (χ2n) is 6.06. The Bertz CT molecular complexity index is 1030. The third-order valence-electron chi connectivity index (χ3n) is 4.51. The van der Waals surface area contributed by atoms with E-state index in [1.807, 2.05) is 26.8 Å². The first-order valence-corrected chi connectivity index (χ1v) is 8.39. The minimum atomic E-state index is -0.499. The largest absolute Gasteiger partial charge is 0.497 e. The third kappa shape index (κ3) is 3.22. The third-order valence-corrected chi connectivity index (χ3v) is 4.51. The monoisotopic (exact) mass is 355 g/mol. The quantitative estimate of drug-likeness (QED) is 0.517. The van der Waals surface area contributed by atoms with Crippen LogP contribution in [0.5, 0.6) is 5.75 Å². The van der Waals surface area contributed by atoms with E-state index in [1.54, 1.807) is 18.2 Å². The van der Waals surface area contributed by atoms with Crippen molar-refractivity contribution in [2.45, 2.75) is 33.9 Å². The summed E-state index contributed by atoms with van der Waals surface area (Å²) in [4.78, 5) is 24.3. The fourth-order valence-corrected chi connectivity index (χ4v) is 3.17. The number of benzene rings is 1. The van der Waals surface area contributed by atoms with Crippen LogP contribution in [0.1, 0.15) is 34.2 Å². The van der Waals surface area contributed by atoms with Crippen molar-refractivity contribution >= 4 is 16.9 Å². The highest BCUT2D eigenvalue weighted by Gasteiger charge is 2.17. The van der Waals surface area contributed by atoms with E-state index >= 15 is 0 Å². The lowest BCUT2D eigenvalue weighted by atomic mass is 10.1. The summed E-state index contributed by atoms with van der Waals surface area (Å²) in [6, 6.07) is 8.35. The van der Waals surface area contributed by atoms with Gasteiger partial charge in [0.2, 0.25) is 0 Å². The molecule has 0 aliphatic rings. The second kappa shape index (κ2) is 7.07. The van der Waals surface area contributed by atoms with Crippen LogP contribution in [-0.2, 0) is 17.9 Å². The standard InChI is InChI=1S/C20H21NO5/c1-5-21-12(2)8-17(13(21)3)20(23)25-11-14-9-19(22)26-18-10-15(24-4)6-7-16(14)18/h6-10H,5,11H2,1-4H3. The molecule has 0 saturated heterocycles. The number of rotatable bonds is 5. The average Bonchev–Trinajstić information content (AvgIpc) is 2.92. The summed E-state index contributed by atoms with van der Waals surface area (Å²) in [5, 5.41) is 0.706. The Hall–Kier alpha value is -3.02. The Balaban J connectivity index is 1.88. The molecular formula is C20H21NO5. The van der Waals surface area contributed by atoms with Crippen molar-refractivity contribution in [1.29, 1.82) is 0 Å². The molecule has 2 heterocycles. The van der Waals surface area contributed by atoms with Crippen LogP contribution < -0.4 is 10.4 Å². The van der Waals surface area contributed by atoms with Crippen LogP contribution in [0.15, 0.2) is 39.5 Å². The Morgan fingerprint density at radius 2 is 1.96 bits per heavy atom. The lowest BCUT2D eigenvalue weighted by Crippen LogP contribution is -2.09. The fraction of sp³-hybridized carbons (Fsp3) is 0.300. The lowest BCUT2D eigenvalue weighted by molar-refractivity contribution is 0.0473. The molecule has 0 atom stereocenters. The Morgan fingerprint density at radius 3 is 2.62 bits per heavy atom. The van der Waals surface area contributed by atoms with E-state index in [-0.39, 0.29) is 6.61 Å². The lowest BCUT2D eigenvalue weighted by Gasteiger charge is -2.09.